The van der Waals surface area contributed by atoms with E-state index >= 15 is 0 Å². The number of aryl methyl sites for hydroxylation is 2. The van der Waals surface area contributed by atoms with E-state index in [2.05, 4.69) is 16.3 Å². The highest BCUT2D eigenvalue weighted by molar-refractivity contribution is 6.04. The predicted octanol–water partition coefficient (Wildman–Crippen LogP) is 5.61. The van der Waals surface area contributed by atoms with Gasteiger partial charge >= 0.3 is 5.97 Å². The second kappa shape index (κ2) is 12.6. The van der Waals surface area contributed by atoms with E-state index in [1.807, 2.05) is 61.2 Å². The van der Waals surface area contributed by atoms with Crippen molar-refractivity contribution in [2.24, 2.45) is 0 Å². The summed E-state index contributed by atoms with van der Waals surface area (Å²) in [6.07, 6.45) is 5.73. The van der Waals surface area contributed by atoms with Crippen molar-refractivity contribution in [1.29, 1.82) is 0 Å². The van der Waals surface area contributed by atoms with Gasteiger partial charge in [-0.2, -0.15) is 0 Å². The molecule has 1 aromatic heterocycles. The van der Waals surface area contributed by atoms with Crippen molar-refractivity contribution in [2.75, 3.05) is 29.9 Å². The van der Waals surface area contributed by atoms with Crippen LogP contribution in [0.1, 0.15) is 54.3 Å². The number of piperidine rings is 1. The van der Waals surface area contributed by atoms with E-state index in [0.29, 0.717) is 12.2 Å². The normalized spacial score (nSPS) is 15.3. The minimum atomic E-state index is -0.828. The lowest BCUT2D eigenvalue weighted by Gasteiger charge is -2.38. The van der Waals surface area contributed by atoms with Crippen molar-refractivity contribution in [3.8, 4) is 0 Å². The van der Waals surface area contributed by atoms with Gasteiger partial charge in [-0.05, 0) is 81.5 Å². The minimum Gasteiger partial charge on any atom is -0.480 e. The predicted molar refractivity (Wildman–Crippen MR) is 146 cm³/mol. The van der Waals surface area contributed by atoms with E-state index in [9.17, 15) is 14.7 Å². The molecule has 37 heavy (non-hydrogen) atoms. The molecule has 3 aromatic rings. The maximum absolute atomic E-state index is 13.3. The summed E-state index contributed by atoms with van der Waals surface area (Å²) in [5, 5.41) is 12.6. The van der Waals surface area contributed by atoms with Crippen molar-refractivity contribution in [3.63, 3.8) is 0 Å². The minimum absolute atomic E-state index is 0.0943. The molecule has 1 saturated heterocycles. The topological polar surface area (TPSA) is 86.0 Å². The van der Waals surface area contributed by atoms with Crippen LogP contribution in [0.3, 0.4) is 0 Å². The van der Waals surface area contributed by atoms with Crippen LogP contribution < -0.4 is 10.2 Å². The van der Waals surface area contributed by atoms with E-state index in [1.54, 1.807) is 18.4 Å². The van der Waals surface area contributed by atoms with Crippen LogP contribution in [-0.2, 0) is 11.2 Å². The summed E-state index contributed by atoms with van der Waals surface area (Å²) in [5.41, 5.74) is 4.11. The second-order valence-electron chi connectivity index (χ2n) is 9.76. The summed E-state index contributed by atoms with van der Waals surface area (Å²) >= 11 is 0. The number of nitrogens with one attached hydrogen (secondary N) is 1. The van der Waals surface area contributed by atoms with Gasteiger partial charge < -0.3 is 24.6 Å². The first-order chi connectivity index (χ1) is 18.0. The number of hydrogen-bond donors (Lipinski definition) is 2. The Morgan fingerprint density at radius 1 is 1.08 bits per heavy atom. The van der Waals surface area contributed by atoms with Crippen molar-refractivity contribution < 1.29 is 19.1 Å². The van der Waals surface area contributed by atoms with Crippen molar-refractivity contribution in [3.05, 3.63) is 83.8 Å². The zero-order valence-electron chi connectivity index (χ0n) is 21.7. The average Bonchev–Trinajstić information content (AvgIpc) is 3.45. The fraction of sp³-hybridized carbons (Fsp3) is 0.400. The molecular weight excluding hydrogens is 466 g/mol. The molecule has 196 valence electrons. The van der Waals surface area contributed by atoms with Crippen LogP contribution in [0.4, 0.5) is 11.4 Å². The Morgan fingerprint density at radius 3 is 2.46 bits per heavy atom. The highest BCUT2D eigenvalue weighted by atomic mass is 16.4. The van der Waals surface area contributed by atoms with Crippen molar-refractivity contribution in [1.82, 2.24) is 4.90 Å². The maximum atomic E-state index is 13.3. The van der Waals surface area contributed by atoms with Gasteiger partial charge in [-0.3, -0.25) is 4.79 Å². The zero-order chi connectivity index (χ0) is 26.2. The number of hydrogen-bond acceptors (Lipinski definition) is 5. The van der Waals surface area contributed by atoms with Gasteiger partial charge in [-0.25, -0.2) is 4.79 Å². The zero-order valence-corrected chi connectivity index (χ0v) is 21.7. The van der Waals surface area contributed by atoms with Crippen molar-refractivity contribution in [2.45, 2.75) is 58.0 Å². The lowest BCUT2D eigenvalue weighted by Crippen LogP contribution is -2.47. The Hall–Kier alpha value is -3.58. The smallest absolute Gasteiger partial charge is 0.326 e. The summed E-state index contributed by atoms with van der Waals surface area (Å²) in [4.78, 5) is 29.2. The Balaban J connectivity index is 1.34. The Kier molecular flexibility index (Phi) is 9.01. The third-order valence-corrected chi connectivity index (χ3v) is 7.16. The molecule has 1 unspecified atom stereocenters. The largest absolute Gasteiger partial charge is 0.480 e. The number of aliphatic carboxylic acids is 1. The van der Waals surface area contributed by atoms with Crippen LogP contribution in [0.15, 0.2) is 71.3 Å². The molecule has 1 fully saturated rings. The van der Waals surface area contributed by atoms with Crippen LogP contribution in [-0.4, -0.2) is 53.6 Å². The molecule has 7 nitrogen and oxygen atoms in total. The van der Waals surface area contributed by atoms with Gasteiger partial charge in [-0.1, -0.05) is 42.8 Å². The third-order valence-electron chi connectivity index (χ3n) is 7.16. The summed E-state index contributed by atoms with van der Waals surface area (Å²) in [6, 6.07) is 19.1. The molecule has 2 N–H and O–H groups in total. The van der Waals surface area contributed by atoms with E-state index < -0.39 is 12.0 Å². The Morgan fingerprint density at radius 2 is 1.81 bits per heavy atom. The first-order valence-corrected chi connectivity index (χ1v) is 13.2. The molecule has 1 aliphatic heterocycles. The third kappa shape index (κ3) is 6.80. The number of carbonyl (C=O) groups is 2. The molecule has 1 amide bonds. The SMILES string of the molecule is CCC(Nc1ccccc1CCCN1CCC(N(C(=O)c2ccco2)c2ccc(C)cc2)CC1)C(=O)O. The van der Waals surface area contributed by atoms with Gasteiger partial charge in [0.15, 0.2) is 5.76 Å². The molecule has 0 aliphatic carbocycles. The molecule has 1 atom stereocenters. The van der Waals surface area contributed by atoms with E-state index in [0.717, 1.165) is 67.8 Å². The van der Waals surface area contributed by atoms with E-state index in [1.165, 1.54) is 0 Å². The number of furan rings is 1. The molecule has 7 heteroatoms. The summed E-state index contributed by atoms with van der Waals surface area (Å²) in [5.74, 6) is -0.558. The van der Waals surface area contributed by atoms with Crippen LogP contribution >= 0.6 is 0 Å². The molecule has 0 saturated carbocycles. The quantitative estimate of drug-likeness (QED) is 0.354. The summed E-state index contributed by atoms with van der Waals surface area (Å²) < 4.78 is 5.44. The Labute approximate surface area is 219 Å². The fourth-order valence-electron chi connectivity index (χ4n) is 5.02. The van der Waals surface area contributed by atoms with Crippen LogP contribution in [0.2, 0.25) is 0 Å². The molecule has 0 radical (unpaired) electrons. The van der Waals surface area contributed by atoms with E-state index in [-0.39, 0.29) is 11.9 Å². The summed E-state index contributed by atoms with van der Waals surface area (Å²) in [7, 11) is 0. The van der Waals surface area contributed by atoms with Gasteiger partial charge in [0.05, 0.1) is 6.26 Å². The van der Waals surface area contributed by atoms with Crippen LogP contribution in [0.25, 0.3) is 0 Å². The van der Waals surface area contributed by atoms with E-state index in [4.69, 9.17) is 4.42 Å². The molecule has 2 aromatic carbocycles. The number of carboxylic acid groups (broad SMARTS) is 1. The van der Waals surface area contributed by atoms with Gasteiger partial charge in [0.25, 0.3) is 5.91 Å². The molecule has 2 heterocycles. The number of carbonyl (C=O) groups excluding carboxylic acids is 1. The number of amides is 1. The van der Waals surface area contributed by atoms with Crippen molar-refractivity contribution >= 4 is 23.3 Å². The number of anilines is 2. The molecule has 1 aliphatic rings. The molecular formula is C30H37N3O4. The number of rotatable bonds is 11. The number of carboxylic acids is 1. The highest BCUT2D eigenvalue weighted by Gasteiger charge is 2.31. The lowest BCUT2D eigenvalue weighted by molar-refractivity contribution is -0.137. The molecule has 4 rings (SSSR count). The number of para-hydroxylation sites is 1. The number of nitrogens with zero attached hydrogens (tertiary/aromatic N) is 2. The first-order valence-electron chi connectivity index (χ1n) is 13.2. The molecule has 0 bridgehead atoms. The molecule has 0 spiro atoms. The van der Waals surface area contributed by atoms with Crippen LogP contribution in [0.5, 0.6) is 0 Å². The summed E-state index contributed by atoms with van der Waals surface area (Å²) in [6.45, 7) is 6.74. The highest BCUT2D eigenvalue weighted by Crippen LogP contribution is 2.27. The average molecular weight is 504 g/mol. The van der Waals surface area contributed by atoms with Gasteiger partial charge in [0, 0.05) is 30.5 Å². The van der Waals surface area contributed by atoms with Gasteiger partial charge in [0.2, 0.25) is 0 Å². The number of benzene rings is 2. The fourth-order valence-corrected chi connectivity index (χ4v) is 5.02. The van der Waals surface area contributed by atoms with Gasteiger partial charge in [0.1, 0.15) is 6.04 Å². The van der Waals surface area contributed by atoms with Gasteiger partial charge in [-0.15, -0.1) is 0 Å². The second-order valence-corrected chi connectivity index (χ2v) is 9.76. The lowest BCUT2D eigenvalue weighted by atomic mass is 10.0. The first kappa shape index (κ1) is 26.5. The van der Waals surface area contributed by atoms with Crippen LogP contribution in [0, 0.1) is 6.92 Å². The number of likely N-dealkylation sites (tertiary alicyclic amines) is 1. The monoisotopic (exact) mass is 503 g/mol. The Bertz CT molecular complexity index is 1150. The standard InChI is InChI=1S/C30H37N3O4/c1-3-26(30(35)36)31-27-10-5-4-8-23(27)9-6-18-32-19-16-25(17-20-32)33(24-14-12-22(2)13-15-24)29(34)28-11-7-21-37-28/h4-5,7-8,10-15,21,25-26,31H,3,6,9,16-20H2,1-2H3,(H,35,36). The maximum Gasteiger partial charge on any atom is 0.326 e.